The number of aliphatic hydroxyl groups is 1. The van der Waals surface area contributed by atoms with Crippen LogP contribution in [0.3, 0.4) is 0 Å². The van der Waals surface area contributed by atoms with E-state index < -0.39 is 6.10 Å². The summed E-state index contributed by atoms with van der Waals surface area (Å²) in [4.78, 5) is 0. The van der Waals surface area contributed by atoms with Gasteiger partial charge in [0.25, 0.3) is 0 Å². The van der Waals surface area contributed by atoms with E-state index >= 15 is 0 Å². The molecule has 0 saturated heterocycles. The largest absolute Gasteiger partial charge is 0.491 e. The number of ether oxygens (including phenoxy) is 3. The monoisotopic (exact) mass is 326 g/mol. The molecule has 0 saturated carbocycles. The second-order valence-electron chi connectivity index (χ2n) is 6.30. The van der Waals surface area contributed by atoms with Gasteiger partial charge in [-0.05, 0) is 45.4 Å². The zero-order valence-corrected chi connectivity index (χ0v) is 14.8. The minimum Gasteiger partial charge on any atom is -0.491 e. The molecule has 0 aliphatic heterocycles. The summed E-state index contributed by atoms with van der Waals surface area (Å²) in [5.74, 6) is 0.764. The van der Waals surface area contributed by atoms with Gasteiger partial charge < -0.3 is 24.6 Å². The number of rotatable bonds is 12. The average molecular weight is 326 g/mol. The second kappa shape index (κ2) is 11.4. The van der Waals surface area contributed by atoms with Crippen LogP contribution >= 0.6 is 0 Å². The van der Waals surface area contributed by atoms with E-state index in [1.54, 1.807) is 0 Å². The van der Waals surface area contributed by atoms with Crippen molar-refractivity contribution in [2.45, 2.75) is 52.6 Å². The Morgan fingerprint density at radius 1 is 1.04 bits per heavy atom. The maximum atomic E-state index is 9.83. The molecule has 5 heteroatoms. The molecular formula is C18H32NO4+. The highest BCUT2D eigenvalue weighted by atomic mass is 16.5. The lowest BCUT2D eigenvalue weighted by Crippen LogP contribution is -2.90. The van der Waals surface area contributed by atoms with Crippen molar-refractivity contribution in [3.63, 3.8) is 0 Å². The van der Waals surface area contributed by atoms with Crippen LogP contribution in [0, 0.1) is 0 Å². The summed E-state index contributed by atoms with van der Waals surface area (Å²) in [6.07, 6.45) is -0.218. The van der Waals surface area contributed by atoms with Crippen LogP contribution in [0.2, 0.25) is 0 Å². The van der Waals surface area contributed by atoms with Crippen molar-refractivity contribution in [1.29, 1.82) is 0 Å². The van der Waals surface area contributed by atoms with E-state index in [0.717, 1.165) is 11.3 Å². The van der Waals surface area contributed by atoms with Crippen molar-refractivity contribution in [3.8, 4) is 5.75 Å². The number of quaternary nitrogens is 1. The van der Waals surface area contributed by atoms with Crippen molar-refractivity contribution < 1.29 is 24.6 Å². The van der Waals surface area contributed by atoms with Gasteiger partial charge in [0.2, 0.25) is 0 Å². The average Bonchev–Trinajstić information content (AvgIpc) is 2.51. The predicted octanol–water partition coefficient (Wildman–Crippen LogP) is 1.34. The van der Waals surface area contributed by atoms with Gasteiger partial charge in [0, 0.05) is 0 Å². The van der Waals surface area contributed by atoms with Gasteiger partial charge in [-0.1, -0.05) is 12.1 Å². The molecule has 1 aromatic rings. The van der Waals surface area contributed by atoms with Gasteiger partial charge in [-0.15, -0.1) is 0 Å². The topological polar surface area (TPSA) is 64.5 Å². The van der Waals surface area contributed by atoms with E-state index in [1.807, 2.05) is 38.1 Å². The molecule has 0 spiro atoms. The Hall–Kier alpha value is -1.14. The van der Waals surface area contributed by atoms with E-state index in [2.05, 4.69) is 19.2 Å². The maximum absolute atomic E-state index is 9.83. The third kappa shape index (κ3) is 10.3. The molecule has 132 valence electrons. The first-order valence-electron chi connectivity index (χ1n) is 8.40. The quantitative estimate of drug-likeness (QED) is 0.569. The summed E-state index contributed by atoms with van der Waals surface area (Å²) >= 11 is 0. The van der Waals surface area contributed by atoms with Crippen molar-refractivity contribution in [1.82, 2.24) is 0 Å². The van der Waals surface area contributed by atoms with Crippen LogP contribution in [0.5, 0.6) is 5.75 Å². The number of benzene rings is 1. The first-order chi connectivity index (χ1) is 11.0. The molecule has 0 bridgehead atoms. The molecule has 0 heterocycles. The highest BCUT2D eigenvalue weighted by molar-refractivity contribution is 5.26. The molecule has 1 aromatic carbocycles. The van der Waals surface area contributed by atoms with Gasteiger partial charge in [0.15, 0.2) is 0 Å². The van der Waals surface area contributed by atoms with E-state index in [9.17, 15) is 5.11 Å². The zero-order valence-electron chi connectivity index (χ0n) is 14.8. The van der Waals surface area contributed by atoms with Crippen LogP contribution in [-0.4, -0.2) is 49.7 Å². The fraction of sp³-hybridized carbons (Fsp3) is 0.667. The Morgan fingerprint density at radius 2 is 1.74 bits per heavy atom. The van der Waals surface area contributed by atoms with E-state index in [-0.39, 0.29) is 6.10 Å². The van der Waals surface area contributed by atoms with Crippen molar-refractivity contribution in [2.24, 2.45) is 0 Å². The van der Waals surface area contributed by atoms with E-state index in [4.69, 9.17) is 14.2 Å². The molecule has 0 radical (unpaired) electrons. The molecule has 0 unspecified atom stereocenters. The molecule has 1 rings (SSSR count). The van der Waals surface area contributed by atoms with Crippen molar-refractivity contribution in [2.75, 3.05) is 26.4 Å². The molecule has 5 nitrogen and oxygen atoms in total. The zero-order chi connectivity index (χ0) is 17.1. The summed E-state index contributed by atoms with van der Waals surface area (Å²) in [5.41, 5.74) is 1.09. The standard InChI is InChI=1S/C18H31NO4/c1-14(2)19-11-17(20)13-23-18-7-5-16(6-8-18)12-21-9-10-22-15(3)4/h5-8,14-15,17,19-20H,9-13H2,1-4H3/p+1/t17-/m1/s1. The lowest BCUT2D eigenvalue weighted by Gasteiger charge is -2.13. The lowest BCUT2D eigenvalue weighted by molar-refractivity contribution is -0.688. The van der Waals surface area contributed by atoms with Gasteiger partial charge in [-0.25, -0.2) is 0 Å². The van der Waals surface area contributed by atoms with E-state index in [0.29, 0.717) is 39.0 Å². The number of hydrogen-bond donors (Lipinski definition) is 2. The first-order valence-corrected chi connectivity index (χ1v) is 8.40. The Balaban J connectivity index is 2.20. The fourth-order valence-electron chi connectivity index (χ4n) is 1.90. The predicted molar refractivity (Wildman–Crippen MR) is 90.6 cm³/mol. The van der Waals surface area contributed by atoms with Crippen molar-refractivity contribution in [3.05, 3.63) is 29.8 Å². The fourth-order valence-corrected chi connectivity index (χ4v) is 1.90. The highest BCUT2D eigenvalue weighted by Gasteiger charge is 2.08. The summed E-state index contributed by atoms with van der Waals surface area (Å²) in [5, 5.41) is 11.9. The van der Waals surface area contributed by atoms with Crippen LogP contribution in [-0.2, 0) is 16.1 Å². The Morgan fingerprint density at radius 3 is 2.35 bits per heavy atom. The molecule has 0 amide bonds. The third-order valence-electron chi connectivity index (χ3n) is 3.19. The van der Waals surface area contributed by atoms with Crippen LogP contribution in [0.1, 0.15) is 33.3 Å². The number of aliphatic hydroxyl groups excluding tert-OH is 1. The van der Waals surface area contributed by atoms with Gasteiger partial charge in [0.05, 0.1) is 32.0 Å². The third-order valence-corrected chi connectivity index (χ3v) is 3.19. The smallest absolute Gasteiger partial charge is 0.137 e. The van der Waals surface area contributed by atoms with Gasteiger partial charge >= 0.3 is 0 Å². The Kier molecular flexibility index (Phi) is 9.87. The van der Waals surface area contributed by atoms with E-state index in [1.165, 1.54) is 0 Å². The highest BCUT2D eigenvalue weighted by Crippen LogP contribution is 2.13. The number of hydrogen-bond acceptors (Lipinski definition) is 4. The Bertz CT molecular complexity index is 406. The SMILES string of the molecule is CC(C)[NH2+]C[C@@H](O)COc1ccc(COCCOC(C)C)cc1. The summed E-state index contributed by atoms with van der Waals surface area (Å²) in [6, 6.07) is 8.25. The Labute approximate surface area is 139 Å². The van der Waals surface area contributed by atoms with Crippen LogP contribution in [0.25, 0.3) is 0 Å². The van der Waals surface area contributed by atoms with Crippen LogP contribution in [0.4, 0.5) is 0 Å². The van der Waals surface area contributed by atoms with Gasteiger partial charge in [0.1, 0.15) is 25.0 Å². The van der Waals surface area contributed by atoms with Gasteiger partial charge in [-0.3, -0.25) is 0 Å². The molecule has 1 atom stereocenters. The maximum Gasteiger partial charge on any atom is 0.137 e. The summed E-state index contributed by atoms with van der Waals surface area (Å²) in [6.45, 7) is 11.0. The second-order valence-corrected chi connectivity index (χ2v) is 6.30. The number of nitrogens with two attached hydrogens (primary N) is 1. The molecular weight excluding hydrogens is 294 g/mol. The minimum atomic E-state index is -0.457. The molecule has 0 aromatic heterocycles. The summed E-state index contributed by atoms with van der Waals surface area (Å²) < 4.78 is 16.6. The van der Waals surface area contributed by atoms with Gasteiger partial charge in [-0.2, -0.15) is 0 Å². The molecule has 0 aliphatic carbocycles. The molecule has 23 heavy (non-hydrogen) atoms. The van der Waals surface area contributed by atoms with Crippen molar-refractivity contribution >= 4 is 0 Å². The molecule has 0 aliphatic rings. The van der Waals surface area contributed by atoms with Crippen LogP contribution in [0.15, 0.2) is 24.3 Å². The lowest BCUT2D eigenvalue weighted by atomic mass is 10.2. The van der Waals surface area contributed by atoms with Crippen LogP contribution < -0.4 is 10.1 Å². The first kappa shape index (κ1) is 19.9. The minimum absolute atomic E-state index is 0.239. The molecule has 3 N–H and O–H groups in total. The summed E-state index contributed by atoms with van der Waals surface area (Å²) in [7, 11) is 0. The normalized spacial score (nSPS) is 12.8. The molecule has 0 fully saturated rings.